The highest BCUT2D eigenvalue weighted by molar-refractivity contribution is 6.10. The maximum absolute atomic E-state index is 9.82. The lowest BCUT2D eigenvalue weighted by molar-refractivity contribution is 1.07. The quantitative estimate of drug-likeness (QED) is 0.165. The molecule has 0 aliphatic rings. The van der Waals surface area contributed by atoms with Gasteiger partial charge >= 0.3 is 0 Å². The molecule has 2 aromatic heterocycles. The lowest BCUT2D eigenvalue weighted by Crippen LogP contribution is -2.00. The Morgan fingerprint density at radius 2 is 0.764 bits per heavy atom. The van der Waals surface area contributed by atoms with Gasteiger partial charge in [-0.1, -0.05) is 170 Å². The number of aromatic nitrogens is 4. The van der Waals surface area contributed by atoms with E-state index in [1.165, 1.54) is 0 Å². The lowest BCUT2D eigenvalue weighted by atomic mass is 9.99. The zero-order chi connectivity index (χ0) is 50.5. The molecule has 10 rings (SSSR count). The summed E-state index contributed by atoms with van der Waals surface area (Å²) in [5, 5.41) is -0.636. The van der Waals surface area contributed by atoms with E-state index in [9.17, 15) is 6.85 Å². The number of para-hydroxylation sites is 1. The maximum Gasteiger partial charge on any atom is 0.164 e. The van der Waals surface area contributed by atoms with E-state index in [1.54, 1.807) is 30.3 Å². The highest BCUT2D eigenvalue weighted by atomic mass is 15.0. The van der Waals surface area contributed by atoms with Gasteiger partial charge in [-0.15, -0.1) is 0 Å². The zero-order valence-corrected chi connectivity index (χ0v) is 28.7. The van der Waals surface area contributed by atoms with Gasteiger partial charge in [0.25, 0.3) is 0 Å². The third-order valence-corrected chi connectivity index (χ3v) is 9.10. The summed E-state index contributed by atoms with van der Waals surface area (Å²) in [4.78, 5) is 14.3. The molecule has 0 aliphatic carbocycles. The fraction of sp³-hybridized carbons (Fsp3) is 0. The summed E-state index contributed by atoms with van der Waals surface area (Å²) in [7, 11) is 0. The van der Waals surface area contributed by atoms with Crippen molar-refractivity contribution in [3.8, 4) is 73.2 Å². The predicted molar refractivity (Wildman–Crippen MR) is 227 cm³/mol. The molecule has 4 nitrogen and oxygen atoms in total. The first-order valence-corrected chi connectivity index (χ1v) is 17.2. The van der Waals surface area contributed by atoms with Crippen LogP contribution in [0.3, 0.4) is 0 Å². The first kappa shape index (κ1) is 19.6. The fourth-order valence-electron chi connectivity index (χ4n) is 6.40. The van der Waals surface area contributed by atoms with E-state index in [0.717, 1.165) is 26.8 Å². The second-order valence-corrected chi connectivity index (χ2v) is 12.4. The minimum Gasteiger partial charge on any atom is -0.309 e. The molecule has 2 heterocycles. The van der Waals surface area contributed by atoms with Gasteiger partial charge in [-0.2, -0.15) is 0 Å². The second kappa shape index (κ2) is 13.8. The Morgan fingerprint density at radius 1 is 0.327 bits per heavy atom. The molecule has 0 unspecified atom stereocenters. The number of hydrogen-bond donors (Lipinski definition) is 0. The standard InChI is InChI=1S/C51H34N4/c1-4-12-35(13-5-1)37-20-22-38(23-21-37)39-24-26-42(27-25-39)50-52-49(41-16-8-3-9-17-41)53-51(54-50)43-30-33-48-46(34-43)45-18-10-11-19-47(45)55(48)44-31-28-40(29-32-44)36-14-6-2-7-15-36/h1-34H/i2D,6D,7D,10D,11D,14D,15D,18D,19D,28D,29D,30D,31D,32D,33D,34D. The van der Waals surface area contributed by atoms with Gasteiger partial charge in [0.1, 0.15) is 0 Å². The van der Waals surface area contributed by atoms with Gasteiger partial charge in [-0.3, -0.25) is 0 Å². The first-order valence-electron chi connectivity index (χ1n) is 25.2. The number of hydrogen-bond acceptors (Lipinski definition) is 3. The molecule has 8 aromatic carbocycles. The van der Waals surface area contributed by atoms with Crippen molar-refractivity contribution in [2.24, 2.45) is 0 Å². The Bertz CT molecular complexity index is 3810. The van der Waals surface area contributed by atoms with E-state index in [0.29, 0.717) is 11.1 Å². The number of benzene rings is 8. The molecule has 55 heavy (non-hydrogen) atoms. The van der Waals surface area contributed by atoms with Crippen molar-refractivity contribution < 1.29 is 21.9 Å². The van der Waals surface area contributed by atoms with Crippen LogP contribution in [0.15, 0.2) is 206 Å². The highest BCUT2D eigenvalue weighted by Crippen LogP contribution is 2.36. The van der Waals surface area contributed by atoms with Crippen molar-refractivity contribution in [2.75, 3.05) is 0 Å². The van der Waals surface area contributed by atoms with Crippen LogP contribution in [-0.4, -0.2) is 19.5 Å². The van der Waals surface area contributed by atoms with Crippen molar-refractivity contribution in [2.45, 2.75) is 0 Å². The van der Waals surface area contributed by atoms with Gasteiger partial charge in [-0.25, -0.2) is 15.0 Å². The van der Waals surface area contributed by atoms with Crippen LogP contribution in [0.5, 0.6) is 0 Å². The van der Waals surface area contributed by atoms with E-state index in [4.69, 9.17) is 30.0 Å². The molecule has 0 saturated carbocycles. The Labute approximate surface area is 342 Å². The summed E-state index contributed by atoms with van der Waals surface area (Å²) >= 11 is 0. The maximum atomic E-state index is 9.82. The number of rotatable bonds is 7. The molecule has 0 aliphatic heterocycles. The van der Waals surface area contributed by atoms with E-state index in [-0.39, 0.29) is 33.8 Å². The Morgan fingerprint density at radius 3 is 1.38 bits per heavy atom. The van der Waals surface area contributed by atoms with Gasteiger partial charge in [0.2, 0.25) is 0 Å². The average Bonchev–Trinajstić information content (AvgIpc) is 3.75. The summed E-state index contributed by atoms with van der Waals surface area (Å²) in [6.45, 7) is 0. The monoisotopic (exact) mass is 718 g/mol. The van der Waals surface area contributed by atoms with Gasteiger partial charge in [0.15, 0.2) is 17.5 Å². The molecule has 0 amide bonds. The molecule has 0 saturated heterocycles. The third-order valence-electron chi connectivity index (χ3n) is 9.10. The molecular weight excluding hydrogens is 669 g/mol. The lowest BCUT2D eigenvalue weighted by Gasteiger charge is -2.11. The summed E-state index contributed by atoms with van der Waals surface area (Å²) in [5.74, 6) is 0.0926. The second-order valence-electron chi connectivity index (χ2n) is 12.4. The summed E-state index contributed by atoms with van der Waals surface area (Å²) < 4.78 is 144. The zero-order valence-electron chi connectivity index (χ0n) is 44.7. The SMILES string of the molecule is [2H]c1c([2H])c([2H])c(-c2c([2H])c([2H])c(-n3c4c([2H])c([2H])c([2H])c([2H])c4c4c([2H])c(-c5nc(-c6ccccc6)nc(-c6ccc(-c7ccc(-c8ccccc8)cc7)cc6)n5)c([2H])c([2H])c43)c([2H])c2[2H])c([2H])c1[2H]. The molecular formula is C51H34N4. The topological polar surface area (TPSA) is 43.6 Å². The van der Waals surface area contributed by atoms with Crippen molar-refractivity contribution in [1.29, 1.82) is 0 Å². The molecule has 0 N–H and O–H groups in total. The summed E-state index contributed by atoms with van der Waals surface area (Å²) in [6.07, 6.45) is 0. The Kier molecular flexibility index (Phi) is 4.93. The summed E-state index contributed by atoms with van der Waals surface area (Å²) in [6, 6.07) is 22.4. The van der Waals surface area contributed by atoms with Gasteiger partial charge in [0, 0.05) is 33.2 Å². The van der Waals surface area contributed by atoms with Crippen molar-refractivity contribution >= 4 is 21.8 Å². The van der Waals surface area contributed by atoms with Gasteiger partial charge in [0.05, 0.1) is 33.0 Å². The third kappa shape index (κ3) is 6.16. The van der Waals surface area contributed by atoms with Crippen molar-refractivity contribution in [3.05, 3.63) is 206 Å². The Balaban J connectivity index is 1.21. The number of nitrogens with zero attached hydrogens (tertiary/aromatic N) is 4. The molecule has 0 spiro atoms. The van der Waals surface area contributed by atoms with Crippen LogP contribution in [0, 0.1) is 0 Å². The van der Waals surface area contributed by atoms with E-state index >= 15 is 0 Å². The van der Waals surface area contributed by atoms with Gasteiger partial charge < -0.3 is 4.57 Å². The predicted octanol–water partition coefficient (Wildman–Crippen LogP) is 13.0. The fourth-order valence-corrected chi connectivity index (χ4v) is 6.40. The van der Waals surface area contributed by atoms with Crippen LogP contribution in [-0.2, 0) is 0 Å². The average molecular weight is 719 g/mol. The molecule has 258 valence electrons. The normalized spacial score (nSPS) is 15.3. The van der Waals surface area contributed by atoms with Crippen LogP contribution in [0.1, 0.15) is 21.9 Å². The minimum atomic E-state index is -0.870. The van der Waals surface area contributed by atoms with Crippen LogP contribution in [0.25, 0.3) is 95.0 Å². The Hall–Kier alpha value is -7.43. The smallest absolute Gasteiger partial charge is 0.164 e. The first-order chi connectivity index (χ1) is 33.9. The van der Waals surface area contributed by atoms with E-state index in [2.05, 4.69) is 0 Å². The molecule has 0 fully saturated rings. The van der Waals surface area contributed by atoms with Crippen LogP contribution in [0.2, 0.25) is 0 Å². The largest absolute Gasteiger partial charge is 0.309 e. The van der Waals surface area contributed by atoms with E-state index < -0.39 is 125 Å². The summed E-state index contributed by atoms with van der Waals surface area (Å²) in [5.41, 5.74) is 2.07. The highest BCUT2D eigenvalue weighted by Gasteiger charge is 2.17. The van der Waals surface area contributed by atoms with Crippen molar-refractivity contribution in [1.82, 2.24) is 19.5 Å². The van der Waals surface area contributed by atoms with Gasteiger partial charge in [-0.05, 0) is 69.6 Å². The van der Waals surface area contributed by atoms with E-state index in [1.807, 2.05) is 78.9 Å². The van der Waals surface area contributed by atoms with Crippen molar-refractivity contribution in [3.63, 3.8) is 0 Å². The van der Waals surface area contributed by atoms with Crippen LogP contribution in [0.4, 0.5) is 0 Å². The molecule has 0 bridgehead atoms. The van der Waals surface area contributed by atoms with Crippen LogP contribution < -0.4 is 0 Å². The minimum absolute atomic E-state index is 0.150. The molecule has 4 heteroatoms. The molecule has 10 aromatic rings. The molecule has 0 radical (unpaired) electrons. The number of fused-ring (bicyclic) bond motifs is 3. The van der Waals surface area contributed by atoms with Crippen LogP contribution >= 0.6 is 0 Å². The molecule has 0 atom stereocenters.